The average Bonchev–Trinajstić information content (AvgIpc) is 2.97. The lowest BCUT2D eigenvalue weighted by molar-refractivity contribution is 0.190. The van der Waals surface area contributed by atoms with Gasteiger partial charge in [0.1, 0.15) is 6.26 Å². The van der Waals surface area contributed by atoms with Gasteiger partial charge in [-0.15, -0.1) is 12.4 Å². The number of aromatic nitrogens is 1. The molecule has 2 heterocycles. The van der Waals surface area contributed by atoms with Crippen molar-refractivity contribution >= 4 is 24.0 Å². The van der Waals surface area contributed by atoms with Crippen LogP contribution in [0.25, 0.3) is 11.5 Å². The summed E-state index contributed by atoms with van der Waals surface area (Å²) in [4.78, 5) is 6.94. The molecule has 1 N–H and O–H groups in total. The average molecular weight is 342 g/mol. The molecule has 0 saturated carbocycles. The van der Waals surface area contributed by atoms with E-state index in [9.17, 15) is 0 Å². The minimum atomic E-state index is 0. The van der Waals surface area contributed by atoms with Crippen LogP contribution in [0, 0.1) is 0 Å². The van der Waals surface area contributed by atoms with Crippen molar-refractivity contribution in [1.82, 2.24) is 15.2 Å². The summed E-state index contributed by atoms with van der Waals surface area (Å²) in [6.45, 7) is 3.02. The second-order valence-corrected chi connectivity index (χ2v) is 5.98. The molecule has 22 heavy (non-hydrogen) atoms. The third kappa shape index (κ3) is 4.23. The van der Waals surface area contributed by atoms with Crippen molar-refractivity contribution in [3.8, 4) is 11.5 Å². The van der Waals surface area contributed by atoms with Crippen LogP contribution in [0.3, 0.4) is 0 Å². The predicted octanol–water partition coefficient (Wildman–Crippen LogP) is 3.60. The lowest BCUT2D eigenvalue weighted by atomic mass is 10.1. The summed E-state index contributed by atoms with van der Waals surface area (Å²) in [5, 5.41) is 4.11. The molecule has 0 bridgehead atoms. The van der Waals surface area contributed by atoms with Crippen molar-refractivity contribution in [3.63, 3.8) is 0 Å². The molecule has 1 fully saturated rings. The van der Waals surface area contributed by atoms with E-state index in [1.54, 1.807) is 6.26 Å². The first-order valence-electron chi connectivity index (χ1n) is 7.33. The molecule has 1 aromatic carbocycles. The van der Waals surface area contributed by atoms with Gasteiger partial charge in [-0.2, -0.15) is 0 Å². The smallest absolute Gasteiger partial charge is 0.226 e. The zero-order valence-electron chi connectivity index (χ0n) is 12.6. The number of benzene rings is 1. The van der Waals surface area contributed by atoms with Crippen molar-refractivity contribution in [2.45, 2.75) is 25.4 Å². The van der Waals surface area contributed by atoms with Crippen molar-refractivity contribution in [2.75, 3.05) is 20.1 Å². The van der Waals surface area contributed by atoms with E-state index in [1.165, 1.54) is 12.8 Å². The number of nitrogens with zero attached hydrogens (tertiary/aromatic N) is 2. The minimum absolute atomic E-state index is 0. The third-order valence-electron chi connectivity index (χ3n) is 3.99. The van der Waals surface area contributed by atoms with Crippen LogP contribution < -0.4 is 5.32 Å². The van der Waals surface area contributed by atoms with E-state index < -0.39 is 0 Å². The molecule has 1 aromatic heterocycles. The fourth-order valence-electron chi connectivity index (χ4n) is 2.74. The van der Waals surface area contributed by atoms with Crippen LogP contribution >= 0.6 is 24.0 Å². The summed E-state index contributed by atoms with van der Waals surface area (Å²) < 4.78 is 5.59. The maximum absolute atomic E-state index is 5.90. The molecule has 0 unspecified atom stereocenters. The van der Waals surface area contributed by atoms with Gasteiger partial charge in [-0.1, -0.05) is 11.6 Å². The Morgan fingerprint density at radius 1 is 1.27 bits per heavy atom. The van der Waals surface area contributed by atoms with E-state index in [0.29, 0.717) is 11.9 Å². The molecule has 3 rings (SSSR count). The van der Waals surface area contributed by atoms with Crippen molar-refractivity contribution in [3.05, 3.63) is 41.2 Å². The van der Waals surface area contributed by atoms with Crippen LogP contribution in [0.2, 0.25) is 5.02 Å². The molecule has 0 atom stereocenters. The monoisotopic (exact) mass is 341 g/mol. The van der Waals surface area contributed by atoms with Crippen LogP contribution in [-0.4, -0.2) is 36.1 Å². The van der Waals surface area contributed by atoms with Crippen LogP contribution in [0.5, 0.6) is 0 Å². The van der Waals surface area contributed by atoms with E-state index in [2.05, 4.69) is 22.2 Å². The molecule has 0 amide bonds. The van der Waals surface area contributed by atoms with Gasteiger partial charge in [-0.3, -0.25) is 4.90 Å². The molecule has 0 radical (unpaired) electrons. The molecule has 1 aliphatic rings. The Hall–Kier alpha value is -1.07. The molecular weight excluding hydrogens is 321 g/mol. The molecule has 1 saturated heterocycles. The van der Waals surface area contributed by atoms with Crippen LogP contribution in [0.1, 0.15) is 18.5 Å². The largest absolute Gasteiger partial charge is 0.444 e. The Kier molecular flexibility index (Phi) is 6.26. The molecule has 2 aromatic rings. The first kappa shape index (κ1) is 17.3. The highest BCUT2D eigenvalue weighted by atomic mass is 35.5. The van der Waals surface area contributed by atoms with E-state index in [4.69, 9.17) is 16.0 Å². The number of piperidine rings is 1. The number of halogens is 2. The molecule has 120 valence electrons. The maximum atomic E-state index is 5.90. The SMILES string of the molecule is CN(Cc1coc(-c2ccc(Cl)cc2)n1)C1CCNCC1.Cl. The summed E-state index contributed by atoms with van der Waals surface area (Å²) in [6.07, 6.45) is 4.14. The van der Waals surface area contributed by atoms with Crippen LogP contribution in [-0.2, 0) is 6.54 Å². The number of nitrogens with one attached hydrogen (secondary N) is 1. The standard InChI is InChI=1S/C16H20ClN3O.ClH/c1-20(15-6-8-18-9-7-15)10-14-11-21-16(19-14)12-2-4-13(17)5-3-12;/h2-5,11,15,18H,6-10H2,1H3;1H. The fraction of sp³-hybridized carbons (Fsp3) is 0.438. The van der Waals surface area contributed by atoms with Gasteiger partial charge in [0.05, 0.1) is 5.69 Å². The van der Waals surface area contributed by atoms with E-state index in [-0.39, 0.29) is 12.4 Å². The van der Waals surface area contributed by atoms with Crippen molar-refractivity contribution < 1.29 is 4.42 Å². The molecule has 0 aliphatic carbocycles. The van der Waals surface area contributed by atoms with Gasteiger partial charge in [0.25, 0.3) is 0 Å². The number of oxazole rings is 1. The van der Waals surface area contributed by atoms with E-state index >= 15 is 0 Å². The van der Waals surface area contributed by atoms with Crippen LogP contribution in [0.4, 0.5) is 0 Å². The van der Waals surface area contributed by atoms with Gasteiger partial charge < -0.3 is 9.73 Å². The van der Waals surface area contributed by atoms with Crippen molar-refractivity contribution in [1.29, 1.82) is 0 Å². The second-order valence-electron chi connectivity index (χ2n) is 5.55. The molecular formula is C16H21Cl2N3O. The normalized spacial score (nSPS) is 15.8. The Morgan fingerprint density at radius 2 is 1.95 bits per heavy atom. The summed E-state index contributed by atoms with van der Waals surface area (Å²) in [5.74, 6) is 0.653. The van der Waals surface area contributed by atoms with Gasteiger partial charge in [-0.25, -0.2) is 4.98 Å². The zero-order chi connectivity index (χ0) is 14.7. The van der Waals surface area contributed by atoms with Gasteiger partial charge in [-0.05, 0) is 57.2 Å². The first-order chi connectivity index (χ1) is 10.2. The molecule has 1 aliphatic heterocycles. The molecule has 4 nitrogen and oxygen atoms in total. The quantitative estimate of drug-likeness (QED) is 0.922. The highest BCUT2D eigenvalue weighted by molar-refractivity contribution is 6.30. The number of hydrogen-bond acceptors (Lipinski definition) is 4. The summed E-state index contributed by atoms with van der Waals surface area (Å²) in [7, 11) is 2.16. The Labute approximate surface area is 142 Å². The fourth-order valence-corrected chi connectivity index (χ4v) is 2.86. The predicted molar refractivity (Wildman–Crippen MR) is 91.6 cm³/mol. The van der Waals surface area contributed by atoms with Crippen molar-refractivity contribution in [2.24, 2.45) is 0 Å². The Balaban J connectivity index is 0.00000176. The molecule has 6 heteroatoms. The highest BCUT2D eigenvalue weighted by Gasteiger charge is 2.19. The summed E-state index contributed by atoms with van der Waals surface area (Å²) in [6, 6.07) is 8.18. The topological polar surface area (TPSA) is 41.3 Å². The lowest BCUT2D eigenvalue weighted by Crippen LogP contribution is -2.40. The Morgan fingerprint density at radius 3 is 2.64 bits per heavy atom. The number of hydrogen-bond donors (Lipinski definition) is 1. The number of rotatable bonds is 4. The summed E-state index contributed by atoms with van der Waals surface area (Å²) in [5.41, 5.74) is 1.93. The lowest BCUT2D eigenvalue weighted by Gasteiger charge is -2.30. The zero-order valence-corrected chi connectivity index (χ0v) is 14.2. The third-order valence-corrected chi connectivity index (χ3v) is 4.24. The van der Waals surface area contributed by atoms with Gasteiger partial charge >= 0.3 is 0 Å². The van der Waals surface area contributed by atoms with E-state index in [1.807, 2.05) is 24.3 Å². The van der Waals surface area contributed by atoms with Gasteiger partial charge in [0.2, 0.25) is 5.89 Å². The van der Waals surface area contributed by atoms with Crippen LogP contribution in [0.15, 0.2) is 34.9 Å². The highest BCUT2D eigenvalue weighted by Crippen LogP contribution is 2.22. The second kappa shape index (κ2) is 7.97. The molecule has 0 spiro atoms. The maximum Gasteiger partial charge on any atom is 0.226 e. The van der Waals surface area contributed by atoms with E-state index in [0.717, 1.165) is 35.9 Å². The minimum Gasteiger partial charge on any atom is -0.444 e. The van der Waals surface area contributed by atoms with Gasteiger partial charge in [0.15, 0.2) is 0 Å². The summed E-state index contributed by atoms with van der Waals surface area (Å²) >= 11 is 5.90. The first-order valence-corrected chi connectivity index (χ1v) is 7.71. The van der Waals surface area contributed by atoms with Gasteiger partial charge in [0, 0.05) is 23.2 Å². The Bertz CT molecular complexity index is 579.